The largest absolute Gasteiger partial charge is 0.398 e. The van der Waals surface area contributed by atoms with Crippen LogP contribution in [0.2, 0.25) is 5.02 Å². The average Bonchev–Trinajstić information content (AvgIpc) is 2.70. The summed E-state index contributed by atoms with van der Waals surface area (Å²) in [5.74, 6) is 0.709. The Balaban J connectivity index is 2.11. The van der Waals surface area contributed by atoms with Crippen LogP contribution in [0.25, 0.3) is 0 Å². The second-order valence-electron chi connectivity index (χ2n) is 2.98. The zero-order valence-electron chi connectivity index (χ0n) is 7.93. The van der Waals surface area contributed by atoms with Gasteiger partial charge in [0.2, 0.25) is 0 Å². The molecule has 1 aromatic heterocycles. The zero-order chi connectivity index (χ0) is 10.7. The van der Waals surface area contributed by atoms with Gasteiger partial charge >= 0.3 is 0 Å². The molecule has 2 N–H and O–H groups in total. The second-order valence-corrected chi connectivity index (χ2v) is 4.34. The number of thioether (sulfide) groups is 1. The minimum absolute atomic E-state index is 0.687. The standard InChI is InChI=1S/C10H10ClN3S/c11-8-3-1-4-9(12)10(8)15-7-14-6-2-5-13-14/h1-6H,7,12H2. The fourth-order valence-corrected chi connectivity index (χ4v) is 2.39. The van der Waals surface area contributed by atoms with Crippen molar-refractivity contribution < 1.29 is 0 Å². The topological polar surface area (TPSA) is 43.8 Å². The molecule has 15 heavy (non-hydrogen) atoms. The summed E-state index contributed by atoms with van der Waals surface area (Å²) < 4.78 is 1.83. The Kier molecular flexibility index (Phi) is 3.18. The smallest absolute Gasteiger partial charge is 0.0910 e. The van der Waals surface area contributed by atoms with Crippen LogP contribution in [-0.4, -0.2) is 9.78 Å². The molecule has 0 saturated carbocycles. The Morgan fingerprint density at radius 3 is 2.93 bits per heavy atom. The number of nitrogens with two attached hydrogens (primary N) is 1. The number of hydrogen-bond acceptors (Lipinski definition) is 3. The van der Waals surface area contributed by atoms with Gasteiger partial charge in [-0.3, -0.25) is 4.68 Å². The molecule has 0 radical (unpaired) electrons. The van der Waals surface area contributed by atoms with Crippen molar-refractivity contribution in [2.24, 2.45) is 0 Å². The summed E-state index contributed by atoms with van der Waals surface area (Å²) in [4.78, 5) is 0.912. The minimum atomic E-state index is 0.687. The molecular weight excluding hydrogens is 230 g/mol. The van der Waals surface area contributed by atoms with Gasteiger partial charge in [0.1, 0.15) is 0 Å². The highest BCUT2D eigenvalue weighted by Gasteiger charge is 2.04. The van der Waals surface area contributed by atoms with Gasteiger partial charge in [0.15, 0.2) is 0 Å². The van der Waals surface area contributed by atoms with Gasteiger partial charge in [-0.1, -0.05) is 29.4 Å². The molecule has 2 rings (SSSR count). The van der Waals surface area contributed by atoms with E-state index >= 15 is 0 Å². The Morgan fingerprint density at radius 2 is 2.27 bits per heavy atom. The van der Waals surface area contributed by atoms with Crippen molar-refractivity contribution in [2.75, 3.05) is 5.73 Å². The Labute approximate surface area is 97.2 Å². The van der Waals surface area contributed by atoms with Crippen LogP contribution in [0.1, 0.15) is 0 Å². The van der Waals surface area contributed by atoms with E-state index in [9.17, 15) is 0 Å². The minimum Gasteiger partial charge on any atom is -0.398 e. The third kappa shape index (κ3) is 2.46. The first-order valence-electron chi connectivity index (χ1n) is 4.41. The number of aromatic nitrogens is 2. The van der Waals surface area contributed by atoms with Gasteiger partial charge < -0.3 is 5.73 Å². The maximum absolute atomic E-state index is 6.04. The van der Waals surface area contributed by atoms with E-state index in [4.69, 9.17) is 17.3 Å². The summed E-state index contributed by atoms with van der Waals surface area (Å²) in [6, 6.07) is 7.41. The maximum Gasteiger partial charge on any atom is 0.0910 e. The van der Waals surface area contributed by atoms with E-state index in [1.54, 1.807) is 18.0 Å². The molecule has 0 aliphatic heterocycles. The number of nitrogen functional groups attached to an aromatic ring is 1. The van der Waals surface area contributed by atoms with E-state index in [2.05, 4.69) is 5.10 Å². The number of hydrogen-bond donors (Lipinski definition) is 1. The van der Waals surface area contributed by atoms with Gasteiger partial charge in [-0.25, -0.2) is 0 Å². The molecule has 2 aromatic rings. The Bertz CT molecular complexity index is 422. The summed E-state index contributed by atoms with van der Waals surface area (Å²) in [6.07, 6.45) is 3.65. The summed E-state index contributed by atoms with van der Waals surface area (Å²) in [7, 11) is 0. The SMILES string of the molecule is Nc1cccc(Cl)c1SCn1cccn1. The number of halogens is 1. The monoisotopic (exact) mass is 239 g/mol. The third-order valence-corrected chi connectivity index (χ3v) is 3.46. The Hall–Kier alpha value is -1.13. The molecule has 0 aliphatic rings. The molecule has 5 heteroatoms. The van der Waals surface area contributed by atoms with Gasteiger partial charge in [0.05, 0.1) is 15.8 Å². The van der Waals surface area contributed by atoms with E-state index in [0.717, 1.165) is 4.90 Å². The first-order valence-corrected chi connectivity index (χ1v) is 5.78. The number of benzene rings is 1. The molecule has 0 unspecified atom stereocenters. The first-order chi connectivity index (χ1) is 7.27. The van der Waals surface area contributed by atoms with Crippen molar-refractivity contribution in [3.8, 4) is 0 Å². The van der Waals surface area contributed by atoms with E-state index in [1.807, 2.05) is 35.1 Å². The molecule has 78 valence electrons. The van der Waals surface area contributed by atoms with Crippen LogP contribution in [0.4, 0.5) is 5.69 Å². The van der Waals surface area contributed by atoms with Gasteiger partial charge in [0.25, 0.3) is 0 Å². The maximum atomic E-state index is 6.04. The van der Waals surface area contributed by atoms with Crippen LogP contribution in [-0.2, 0) is 5.88 Å². The second kappa shape index (κ2) is 4.59. The van der Waals surface area contributed by atoms with Crippen molar-refractivity contribution in [2.45, 2.75) is 10.8 Å². The molecular formula is C10H10ClN3S. The van der Waals surface area contributed by atoms with Crippen LogP contribution in [0.15, 0.2) is 41.6 Å². The molecule has 3 nitrogen and oxygen atoms in total. The van der Waals surface area contributed by atoms with E-state index in [1.165, 1.54) is 0 Å². The van der Waals surface area contributed by atoms with Crippen LogP contribution >= 0.6 is 23.4 Å². The van der Waals surface area contributed by atoms with Gasteiger partial charge in [-0.05, 0) is 18.2 Å². The van der Waals surface area contributed by atoms with Gasteiger partial charge in [0, 0.05) is 18.1 Å². The fraction of sp³-hybridized carbons (Fsp3) is 0.100. The Morgan fingerprint density at radius 1 is 1.40 bits per heavy atom. The highest BCUT2D eigenvalue weighted by Crippen LogP contribution is 2.32. The molecule has 0 amide bonds. The van der Waals surface area contributed by atoms with Crippen molar-refractivity contribution in [3.63, 3.8) is 0 Å². The lowest BCUT2D eigenvalue weighted by atomic mass is 10.3. The molecule has 0 fully saturated rings. The lowest BCUT2D eigenvalue weighted by molar-refractivity contribution is 0.751. The predicted octanol–water partition coefficient (Wildman–Crippen LogP) is 2.87. The normalized spacial score (nSPS) is 10.5. The number of rotatable bonds is 3. The lowest BCUT2D eigenvalue weighted by Gasteiger charge is -2.07. The first kappa shape index (κ1) is 10.4. The van der Waals surface area contributed by atoms with Crippen LogP contribution < -0.4 is 5.73 Å². The molecule has 0 aliphatic carbocycles. The molecule has 0 atom stereocenters. The van der Waals surface area contributed by atoms with E-state index < -0.39 is 0 Å². The molecule has 1 heterocycles. The summed E-state index contributed by atoms with van der Waals surface area (Å²) in [6.45, 7) is 0. The van der Waals surface area contributed by atoms with Gasteiger partial charge in [-0.2, -0.15) is 5.10 Å². The zero-order valence-corrected chi connectivity index (χ0v) is 9.50. The fourth-order valence-electron chi connectivity index (χ4n) is 1.19. The van der Waals surface area contributed by atoms with E-state index in [0.29, 0.717) is 16.6 Å². The molecule has 0 saturated heterocycles. The molecule has 1 aromatic carbocycles. The van der Waals surface area contributed by atoms with Crippen molar-refractivity contribution in [1.29, 1.82) is 0 Å². The number of anilines is 1. The third-order valence-electron chi connectivity index (χ3n) is 1.90. The quantitative estimate of drug-likeness (QED) is 0.662. The lowest BCUT2D eigenvalue weighted by Crippen LogP contribution is -1.96. The van der Waals surface area contributed by atoms with Crippen molar-refractivity contribution in [3.05, 3.63) is 41.7 Å². The highest BCUT2D eigenvalue weighted by atomic mass is 35.5. The summed E-state index contributed by atoms with van der Waals surface area (Å²) >= 11 is 7.61. The number of nitrogens with zero attached hydrogens (tertiary/aromatic N) is 2. The van der Waals surface area contributed by atoms with Crippen molar-refractivity contribution in [1.82, 2.24) is 9.78 Å². The van der Waals surface area contributed by atoms with Crippen molar-refractivity contribution >= 4 is 29.1 Å². The van der Waals surface area contributed by atoms with Crippen LogP contribution in [0.3, 0.4) is 0 Å². The van der Waals surface area contributed by atoms with Crippen LogP contribution in [0.5, 0.6) is 0 Å². The van der Waals surface area contributed by atoms with E-state index in [-0.39, 0.29) is 0 Å². The average molecular weight is 240 g/mol. The van der Waals surface area contributed by atoms with Crippen LogP contribution in [0, 0.1) is 0 Å². The summed E-state index contributed by atoms with van der Waals surface area (Å²) in [5.41, 5.74) is 6.53. The summed E-state index contributed by atoms with van der Waals surface area (Å²) in [5, 5.41) is 4.79. The highest BCUT2D eigenvalue weighted by molar-refractivity contribution is 7.98. The predicted molar refractivity (Wildman–Crippen MR) is 63.9 cm³/mol. The van der Waals surface area contributed by atoms with Gasteiger partial charge in [-0.15, -0.1) is 0 Å². The molecule has 0 bridgehead atoms. The molecule has 0 spiro atoms.